The number of thiophene rings is 1. The summed E-state index contributed by atoms with van der Waals surface area (Å²) in [5.74, 6) is 0. The molecule has 1 amide bonds. The van der Waals surface area contributed by atoms with Crippen LogP contribution in [0.3, 0.4) is 0 Å². The highest BCUT2D eigenvalue weighted by atomic mass is 32.1. The summed E-state index contributed by atoms with van der Waals surface area (Å²) in [5.41, 5.74) is 0.854. The van der Waals surface area contributed by atoms with E-state index in [-0.39, 0.29) is 24.6 Å². The van der Waals surface area contributed by atoms with Crippen LogP contribution in [-0.4, -0.2) is 33.9 Å². The van der Waals surface area contributed by atoms with Crippen molar-refractivity contribution in [3.05, 3.63) is 63.0 Å². The average Bonchev–Trinajstić information content (AvgIpc) is 3.10. The molecule has 0 radical (unpaired) electrons. The van der Waals surface area contributed by atoms with Crippen LogP contribution in [0.1, 0.15) is 23.0 Å². The molecule has 8 nitrogen and oxygen atoms in total. The quantitative estimate of drug-likeness (QED) is 0.487. The summed E-state index contributed by atoms with van der Waals surface area (Å²) in [6.07, 6.45) is -2.96. The lowest BCUT2D eigenvalue weighted by Gasteiger charge is -2.16. The SMILES string of the molecule is O=C(NCCC(O)C(O)c1ccc([N+](=O)[O-])s1)OCc1ccccc1. The highest BCUT2D eigenvalue weighted by molar-refractivity contribution is 7.15. The molecule has 0 aliphatic heterocycles. The van der Waals surface area contributed by atoms with Crippen LogP contribution in [0.15, 0.2) is 42.5 Å². The fourth-order valence-electron chi connectivity index (χ4n) is 2.04. The fraction of sp³-hybridized carbons (Fsp3) is 0.312. The maximum absolute atomic E-state index is 11.6. The molecular weight excluding hydrogens is 348 g/mol. The van der Waals surface area contributed by atoms with Gasteiger partial charge < -0.3 is 20.3 Å². The van der Waals surface area contributed by atoms with Crippen molar-refractivity contribution in [1.82, 2.24) is 5.32 Å². The van der Waals surface area contributed by atoms with Crippen molar-refractivity contribution in [2.75, 3.05) is 6.54 Å². The predicted octanol–water partition coefficient (Wildman–Crippen LogP) is 2.37. The van der Waals surface area contributed by atoms with E-state index in [1.165, 1.54) is 12.1 Å². The lowest BCUT2D eigenvalue weighted by atomic mass is 10.1. The Morgan fingerprint density at radius 1 is 1.24 bits per heavy atom. The summed E-state index contributed by atoms with van der Waals surface area (Å²) in [5, 5.41) is 32.9. The first-order valence-corrected chi connectivity index (χ1v) is 8.34. The van der Waals surface area contributed by atoms with Gasteiger partial charge in [-0.3, -0.25) is 10.1 Å². The molecule has 0 saturated heterocycles. The first-order valence-electron chi connectivity index (χ1n) is 7.52. The van der Waals surface area contributed by atoms with Gasteiger partial charge in [-0.1, -0.05) is 41.7 Å². The van der Waals surface area contributed by atoms with E-state index in [2.05, 4.69) is 5.32 Å². The van der Waals surface area contributed by atoms with E-state index in [4.69, 9.17) is 4.74 Å². The minimum absolute atomic E-state index is 0.0767. The van der Waals surface area contributed by atoms with Crippen LogP contribution in [0.5, 0.6) is 0 Å². The van der Waals surface area contributed by atoms with Crippen molar-refractivity contribution >= 4 is 22.4 Å². The van der Waals surface area contributed by atoms with Gasteiger partial charge in [0.25, 0.3) is 0 Å². The molecule has 0 saturated carbocycles. The van der Waals surface area contributed by atoms with Crippen molar-refractivity contribution in [3.63, 3.8) is 0 Å². The zero-order chi connectivity index (χ0) is 18.2. The number of aliphatic hydroxyl groups excluding tert-OH is 2. The second kappa shape index (κ2) is 9.11. The minimum atomic E-state index is -1.25. The van der Waals surface area contributed by atoms with Crippen LogP contribution in [0.25, 0.3) is 0 Å². The topological polar surface area (TPSA) is 122 Å². The van der Waals surface area contributed by atoms with Gasteiger partial charge in [0.1, 0.15) is 12.7 Å². The molecule has 25 heavy (non-hydrogen) atoms. The third-order valence-electron chi connectivity index (χ3n) is 3.37. The van der Waals surface area contributed by atoms with Gasteiger partial charge in [-0.25, -0.2) is 4.79 Å². The van der Waals surface area contributed by atoms with E-state index in [0.717, 1.165) is 16.9 Å². The number of nitrogens with zero attached hydrogens (tertiary/aromatic N) is 1. The Morgan fingerprint density at radius 3 is 2.60 bits per heavy atom. The third kappa shape index (κ3) is 5.82. The molecule has 1 aromatic carbocycles. The Labute approximate surface area is 147 Å². The van der Waals surface area contributed by atoms with Crippen molar-refractivity contribution < 1.29 is 24.7 Å². The average molecular weight is 366 g/mol. The van der Waals surface area contributed by atoms with E-state index in [1.54, 1.807) is 0 Å². The van der Waals surface area contributed by atoms with Gasteiger partial charge in [0.2, 0.25) is 0 Å². The van der Waals surface area contributed by atoms with E-state index in [1.807, 2.05) is 30.3 Å². The van der Waals surface area contributed by atoms with E-state index in [9.17, 15) is 25.1 Å². The van der Waals surface area contributed by atoms with Gasteiger partial charge in [0.15, 0.2) is 0 Å². The van der Waals surface area contributed by atoms with Gasteiger partial charge in [-0.2, -0.15) is 0 Å². The normalized spacial score (nSPS) is 13.0. The molecule has 134 valence electrons. The molecule has 1 aromatic heterocycles. The van der Waals surface area contributed by atoms with Gasteiger partial charge in [-0.15, -0.1) is 0 Å². The van der Waals surface area contributed by atoms with Gasteiger partial charge in [-0.05, 0) is 18.1 Å². The molecule has 2 rings (SSSR count). The van der Waals surface area contributed by atoms with E-state index >= 15 is 0 Å². The molecule has 0 spiro atoms. The summed E-state index contributed by atoms with van der Waals surface area (Å²) in [4.78, 5) is 21.9. The number of rotatable bonds is 8. The van der Waals surface area contributed by atoms with Gasteiger partial charge >= 0.3 is 11.1 Å². The first-order chi connectivity index (χ1) is 12.0. The number of hydrogen-bond acceptors (Lipinski definition) is 7. The second-order valence-corrected chi connectivity index (χ2v) is 6.32. The number of nitrogens with one attached hydrogen (secondary N) is 1. The summed E-state index contributed by atoms with van der Waals surface area (Å²) in [7, 11) is 0. The monoisotopic (exact) mass is 366 g/mol. The number of ether oxygens (including phenoxy) is 1. The van der Waals surface area contributed by atoms with Crippen LogP contribution in [-0.2, 0) is 11.3 Å². The molecule has 0 aliphatic rings. The van der Waals surface area contributed by atoms with Crippen LogP contribution in [0.4, 0.5) is 9.80 Å². The highest BCUT2D eigenvalue weighted by Gasteiger charge is 2.22. The number of hydrogen-bond donors (Lipinski definition) is 3. The molecule has 2 atom stereocenters. The summed E-state index contributed by atoms with van der Waals surface area (Å²) < 4.78 is 5.02. The summed E-state index contributed by atoms with van der Waals surface area (Å²) in [6, 6.07) is 11.9. The van der Waals surface area contributed by atoms with Crippen molar-refractivity contribution in [2.45, 2.75) is 25.2 Å². The summed E-state index contributed by atoms with van der Waals surface area (Å²) >= 11 is 0.802. The number of carbonyl (C=O) groups is 1. The molecule has 1 heterocycles. The number of aliphatic hydroxyl groups is 2. The summed E-state index contributed by atoms with van der Waals surface area (Å²) in [6.45, 7) is 0.232. The Hall–Kier alpha value is -2.49. The van der Waals surface area contributed by atoms with Crippen molar-refractivity contribution in [2.24, 2.45) is 0 Å². The molecule has 3 N–H and O–H groups in total. The lowest BCUT2D eigenvalue weighted by molar-refractivity contribution is -0.380. The van der Waals surface area contributed by atoms with E-state index < -0.39 is 23.2 Å². The van der Waals surface area contributed by atoms with Gasteiger partial charge in [0.05, 0.1) is 11.0 Å². The first kappa shape index (κ1) is 18.8. The molecule has 2 aromatic rings. The zero-order valence-electron chi connectivity index (χ0n) is 13.2. The van der Waals surface area contributed by atoms with Crippen LogP contribution >= 0.6 is 11.3 Å². The van der Waals surface area contributed by atoms with Crippen LogP contribution < -0.4 is 5.32 Å². The van der Waals surface area contributed by atoms with Crippen molar-refractivity contribution in [3.8, 4) is 0 Å². The standard InChI is InChI=1S/C16H18N2O6S/c19-12(15(20)13-6-7-14(25-13)18(22)23)8-9-17-16(21)24-10-11-4-2-1-3-5-11/h1-7,12,15,19-20H,8-10H2,(H,17,21). The number of benzene rings is 1. The molecule has 0 aliphatic carbocycles. The Morgan fingerprint density at radius 2 is 1.96 bits per heavy atom. The number of carbonyl (C=O) groups excluding carboxylic acids is 1. The second-order valence-electron chi connectivity index (χ2n) is 5.22. The smallest absolute Gasteiger partial charge is 0.407 e. The maximum Gasteiger partial charge on any atom is 0.407 e. The predicted molar refractivity (Wildman–Crippen MR) is 91.2 cm³/mol. The van der Waals surface area contributed by atoms with Gasteiger partial charge in [0, 0.05) is 17.5 Å². The lowest BCUT2D eigenvalue weighted by Crippen LogP contribution is -2.29. The number of nitro groups is 1. The Kier molecular flexibility index (Phi) is 6.87. The van der Waals surface area contributed by atoms with Crippen LogP contribution in [0.2, 0.25) is 0 Å². The molecular formula is C16H18N2O6S. The zero-order valence-corrected chi connectivity index (χ0v) is 14.0. The van der Waals surface area contributed by atoms with E-state index in [0.29, 0.717) is 4.88 Å². The fourth-order valence-corrected chi connectivity index (χ4v) is 2.91. The third-order valence-corrected chi connectivity index (χ3v) is 4.48. The number of amides is 1. The largest absolute Gasteiger partial charge is 0.445 e. The molecule has 2 unspecified atom stereocenters. The van der Waals surface area contributed by atoms with Crippen LogP contribution in [0, 0.1) is 10.1 Å². The Balaban J connectivity index is 1.70. The minimum Gasteiger partial charge on any atom is -0.445 e. The molecule has 0 bridgehead atoms. The highest BCUT2D eigenvalue weighted by Crippen LogP contribution is 2.30. The maximum atomic E-state index is 11.6. The number of alkyl carbamates (subject to hydrolysis) is 1. The molecule has 9 heteroatoms. The Bertz CT molecular complexity index is 706. The van der Waals surface area contributed by atoms with Crippen molar-refractivity contribution in [1.29, 1.82) is 0 Å². The molecule has 0 fully saturated rings.